The normalized spacial score (nSPS) is 10.3. The van der Waals surface area contributed by atoms with Crippen molar-refractivity contribution < 1.29 is 13.6 Å². The molecule has 0 aliphatic carbocycles. The summed E-state index contributed by atoms with van der Waals surface area (Å²) in [6.45, 7) is 0.295. The number of carbonyl (C=O) groups is 1. The summed E-state index contributed by atoms with van der Waals surface area (Å²) in [5.41, 5.74) is 0.975. The number of nitrogens with one attached hydrogen (secondary N) is 1. The molecular weight excluding hydrogens is 280 g/mol. The third-order valence-corrected chi connectivity index (χ3v) is 3.16. The van der Waals surface area contributed by atoms with Gasteiger partial charge in [0.15, 0.2) is 0 Å². The van der Waals surface area contributed by atoms with Gasteiger partial charge in [0.1, 0.15) is 11.6 Å². The summed E-state index contributed by atoms with van der Waals surface area (Å²) < 4.78 is 26.0. The lowest BCUT2D eigenvalue weighted by atomic mass is 10.1. The average Bonchev–Trinajstić information content (AvgIpc) is 2.38. The standard InChI is InChI=1S/C15H13F2NOS/c16-11-7-10(8-12(17)9-11)5-6-18-15(19)13-3-1-2-4-14(13)20/h1-4,7-9,20H,5-6H2,(H,18,19). The minimum Gasteiger partial charge on any atom is -0.352 e. The Balaban J connectivity index is 1.93. The maximum absolute atomic E-state index is 13.0. The van der Waals surface area contributed by atoms with Crippen LogP contribution >= 0.6 is 12.6 Å². The fourth-order valence-electron chi connectivity index (χ4n) is 1.84. The number of amides is 1. The van der Waals surface area contributed by atoms with Crippen molar-refractivity contribution in [1.82, 2.24) is 5.32 Å². The summed E-state index contributed by atoms with van der Waals surface area (Å²) in [4.78, 5) is 12.5. The van der Waals surface area contributed by atoms with Gasteiger partial charge in [-0.2, -0.15) is 0 Å². The Morgan fingerprint density at radius 3 is 2.40 bits per heavy atom. The molecule has 2 aromatic carbocycles. The molecule has 0 saturated carbocycles. The molecular formula is C15H13F2NOS. The number of carbonyl (C=O) groups excluding carboxylic acids is 1. The second kappa shape index (κ2) is 6.52. The Morgan fingerprint density at radius 1 is 1.10 bits per heavy atom. The van der Waals surface area contributed by atoms with E-state index in [-0.39, 0.29) is 5.91 Å². The maximum Gasteiger partial charge on any atom is 0.252 e. The Morgan fingerprint density at radius 2 is 1.75 bits per heavy atom. The van der Waals surface area contributed by atoms with Gasteiger partial charge in [-0.25, -0.2) is 8.78 Å². The highest BCUT2D eigenvalue weighted by Gasteiger charge is 2.08. The molecule has 20 heavy (non-hydrogen) atoms. The number of halogens is 2. The van der Waals surface area contributed by atoms with Crippen molar-refractivity contribution >= 4 is 18.5 Å². The second-order valence-electron chi connectivity index (χ2n) is 4.30. The number of hydrogen-bond donors (Lipinski definition) is 2. The van der Waals surface area contributed by atoms with E-state index in [1.807, 2.05) is 0 Å². The molecule has 104 valence electrons. The summed E-state index contributed by atoms with van der Waals surface area (Å²) in [7, 11) is 0. The van der Waals surface area contributed by atoms with Crippen molar-refractivity contribution in [2.45, 2.75) is 11.3 Å². The molecule has 1 amide bonds. The first-order valence-corrected chi connectivity index (χ1v) is 6.52. The monoisotopic (exact) mass is 293 g/mol. The maximum atomic E-state index is 13.0. The zero-order valence-corrected chi connectivity index (χ0v) is 11.5. The third kappa shape index (κ3) is 3.81. The Hall–Kier alpha value is -1.88. The van der Waals surface area contributed by atoms with Gasteiger partial charge in [0, 0.05) is 17.5 Å². The van der Waals surface area contributed by atoms with Crippen LogP contribution in [0, 0.1) is 11.6 Å². The highest BCUT2D eigenvalue weighted by Crippen LogP contribution is 2.12. The number of thiol groups is 1. The summed E-state index contributed by atoms with van der Waals surface area (Å²) in [6.07, 6.45) is 0.356. The van der Waals surface area contributed by atoms with Crippen LogP contribution in [0.4, 0.5) is 8.78 Å². The smallest absolute Gasteiger partial charge is 0.252 e. The van der Waals surface area contributed by atoms with Crippen molar-refractivity contribution in [3.63, 3.8) is 0 Å². The van der Waals surface area contributed by atoms with Gasteiger partial charge in [0.2, 0.25) is 0 Å². The summed E-state index contributed by atoms with van der Waals surface area (Å²) in [5, 5.41) is 2.69. The zero-order valence-electron chi connectivity index (χ0n) is 10.6. The number of rotatable bonds is 4. The fraction of sp³-hybridized carbons (Fsp3) is 0.133. The lowest BCUT2D eigenvalue weighted by Crippen LogP contribution is -2.26. The highest BCUT2D eigenvalue weighted by molar-refractivity contribution is 7.80. The average molecular weight is 293 g/mol. The van der Waals surface area contributed by atoms with Crippen LogP contribution in [0.5, 0.6) is 0 Å². The molecule has 0 unspecified atom stereocenters. The van der Waals surface area contributed by atoms with Crippen LogP contribution in [-0.2, 0) is 6.42 Å². The van der Waals surface area contributed by atoms with Gasteiger partial charge in [-0.3, -0.25) is 4.79 Å². The quantitative estimate of drug-likeness (QED) is 0.833. The summed E-state index contributed by atoms with van der Waals surface area (Å²) >= 11 is 4.20. The van der Waals surface area contributed by atoms with E-state index in [1.165, 1.54) is 12.1 Å². The van der Waals surface area contributed by atoms with Gasteiger partial charge in [0.25, 0.3) is 5.91 Å². The molecule has 0 fully saturated rings. The summed E-state index contributed by atoms with van der Waals surface area (Å²) in [6, 6.07) is 10.2. The van der Waals surface area contributed by atoms with E-state index >= 15 is 0 Å². The van der Waals surface area contributed by atoms with Crippen molar-refractivity contribution in [3.8, 4) is 0 Å². The van der Waals surface area contributed by atoms with Crippen molar-refractivity contribution in [2.24, 2.45) is 0 Å². The van der Waals surface area contributed by atoms with Crippen LogP contribution < -0.4 is 5.32 Å². The van der Waals surface area contributed by atoms with Crippen molar-refractivity contribution in [1.29, 1.82) is 0 Å². The molecule has 0 heterocycles. The van der Waals surface area contributed by atoms with Crippen LogP contribution in [-0.4, -0.2) is 12.5 Å². The van der Waals surface area contributed by atoms with Crippen LogP contribution in [0.25, 0.3) is 0 Å². The van der Waals surface area contributed by atoms with E-state index in [1.54, 1.807) is 24.3 Å². The van der Waals surface area contributed by atoms with E-state index in [4.69, 9.17) is 0 Å². The zero-order chi connectivity index (χ0) is 14.5. The van der Waals surface area contributed by atoms with E-state index < -0.39 is 11.6 Å². The first-order valence-electron chi connectivity index (χ1n) is 6.07. The van der Waals surface area contributed by atoms with Gasteiger partial charge in [0.05, 0.1) is 5.56 Å². The number of benzene rings is 2. The molecule has 0 saturated heterocycles. The minimum atomic E-state index is -0.618. The Labute approximate surface area is 121 Å². The first-order chi connectivity index (χ1) is 9.56. The van der Waals surface area contributed by atoms with E-state index in [0.29, 0.717) is 29.0 Å². The molecule has 0 spiro atoms. The van der Waals surface area contributed by atoms with E-state index in [2.05, 4.69) is 17.9 Å². The first kappa shape index (κ1) is 14.5. The Kier molecular flexibility index (Phi) is 4.74. The third-order valence-electron chi connectivity index (χ3n) is 2.77. The topological polar surface area (TPSA) is 29.1 Å². The molecule has 0 aromatic heterocycles. The largest absolute Gasteiger partial charge is 0.352 e. The SMILES string of the molecule is O=C(NCCc1cc(F)cc(F)c1)c1ccccc1S. The molecule has 0 aliphatic rings. The molecule has 0 atom stereocenters. The van der Waals surface area contributed by atoms with E-state index in [9.17, 15) is 13.6 Å². The lowest BCUT2D eigenvalue weighted by molar-refractivity contribution is 0.0951. The molecule has 0 bridgehead atoms. The van der Waals surface area contributed by atoms with Crippen LogP contribution in [0.15, 0.2) is 47.4 Å². The predicted octanol–water partition coefficient (Wildman–Crippen LogP) is 3.23. The fourth-order valence-corrected chi connectivity index (χ4v) is 2.10. The summed E-state index contributed by atoms with van der Waals surface area (Å²) in [5.74, 6) is -1.49. The van der Waals surface area contributed by atoms with Gasteiger partial charge in [-0.1, -0.05) is 12.1 Å². The minimum absolute atomic E-state index is 0.257. The second-order valence-corrected chi connectivity index (χ2v) is 4.78. The van der Waals surface area contributed by atoms with Gasteiger partial charge in [-0.05, 0) is 36.2 Å². The molecule has 2 nitrogen and oxygen atoms in total. The number of hydrogen-bond acceptors (Lipinski definition) is 2. The molecule has 5 heteroatoms. The molecule has 0 aliphatic heterocycles. The van der Waals surface area contributed by atoms with Crippen LogP contribution in [0.1, 0.15) is 15.9 Å². The Bertz CT molecular complexity index is 611. The molecule has 0 radical (unpaired) electrons. The predicted molar refractivity (Wildman–Crippen MR) is 76.1 cm³/mol. The van der Waals surface area contributed by atoms with Crippen molar-refractivity contribution in [2.75, 3.05) is 6.54 Å². The van der Waals surface area contributed by atoms with Gasteiger partial charge in [-0.15, -0.1) is 12.6 Å². The molecule has 2 rings (SSSR count). The lowest BCUT2D eigenvalue weighted by Gasteiger charge is -2.07. The highest BCUT2D eigenvalue weighted by atomic mass is 32.1. The van der Waals surface area contributed by atoms with Crippen LogP contribution in [0.2, 0.25) is 0 Å². The molecule has 2 aromatic rings. The van der Waals surface area contributed by atoms with Crippen LogP contribution in [0.3, 0.4) is 0 Å². The van der Waals surface area contributed by atoms with Gasteiger partial charge >= 0.3 is 0 Å². The van der Waals surface area contributed by atoms with Gasteiger partial charge < -0.3 is 5.32 Å². The molecule has 1 N–H and O–H groups in total. The van der Waals surface area contributed by atoms with Crippen molar-refractivity contribution in [3.05, 3.63) is 65.2 Å². The van der Waals surface area contributed by atoms with E-state index in [0.717, 1.165) is 6.07 Å².